The fourth-order valence-electron chi connectivity index (χ4n) is 3.45. The van der Waals surface area contributed by atoms with E-state index in [1.807, 2.05) is 42.0 Å². The van der Waals surface area contributed by atoms with E-state index >= 15 is 0 Å². The van der Waals surface area contributed by atoms with Crippen molar-refractivity contribution in [1.29, 1.82) is 0 Å². The molecule has 0 N–H and O–H groups in total. The third-order valence-electron chi connectivity index (χ3n) is 4.79. The molecule has 0 amide bonds. The SMILES string of the molecule is COc1ncnc2ccn(-c3cnc4nc(C)n(Cc5cccc(Cl)n5)c4c3)c12. The van der Waals surface area contributed by atoms with Gasteiger partial charge in [-0.25, -0.2) is 19.9 Å². The second-order valence-electron chi connectivity index (χ2n) is 6.54. The highest BCUT2D eigenvalue weighted by Gasteiger charge is 2.15. The van der Waals surface area contributed by atoms with Gasteiger partial charge < -0.3 is 13.9 Å². The summed E-state index contributed by atoms with van der Waals surface area (Å²) in [4.78, 5) is 22.1. The molecule has 8 nitrogen and oxygen atoms in total. The van der Waals surface area contributed by atoms with Gasteiger partial charge in [-0.3, -0.25) is 0 Å². The molecule has 9 heteroatoms. The Bertz CT molecular complexity index is 1360. The smallest absolute Gasteiger partial charge is 0.241 e. The van der Waals surface area contributed by atoms with E-state index in [-0.39, 0.29) is 0 Å². The monoisotopic (exact) mass is 405 g/mol. The number of aromatic nitrogens is 7. The van der Waals surface area contributed by atoms with Crippen LogP contribution < -0.4 is 4.74 Å². The lowest BCUT2D eigenvalue weighted by molar-refractivity contribution is 0.401. The van der Waals surface area contributed by atoms with Crippen LogP contribution in [0.25, 0.3) is 27.9 Å². The van der Waals surface area contributed by atoms with Crippen LogP contribution in [0.4, 0.5) is 0 Å². The molecule has 5 aromatic rings. The summed E-state index contributed by atoms with van der Waals surface area (Å²) in [6, 6.07) is 9.55. The van der Waals surface area contributed by atoms with Crippen molar-refractivity contribution in [3.8, 4) is 11.6 Å². The highest BCUT2D eigenvalue weighted by Crippen LogP contribution is 2.27. The Morgan fingerprint density at radius 3 is 2.83 bits per heavy atom. The van der Waals surface area contributed by atoms with Gasteiger partial charge in [0.05, 0.1) is 42.3 Å². The molecule has 0 saturated carbocycles. The molecule has 0 bridgehead atoms. The molecule has 0 aliphatic carbocycles. The van der Waals surface area contributed by atoms with E-state index < -0.39 is 0 Å². The molecular formula is C20H16ClN7O. The van der Waals surface area contributed by atoms with Crippen molar-refractivity contribution in [2.24, 2.45) is 0 Å². The number of hydrogen-bond acceptors (Lipinski definition) is 6. The number of ether oxygens (including phenoxy) is 1. The summed E-state index contributed by atoms with van der Waals surface area (Å²) in [6.45, 7) is 2.50. The van der Waals surface area contributed by atoms with Crippen LogP contribution in [0.2, 0.25) is 5.15 Å². The summed E-state index contributed by atoms with van der Waals surface area (Å²) in [6.07, 6.45) is 5.20. The molecule has 0 radical (unpaired) electrons. The summed E-state index contributed by atoms with van der Waals surface area (Å²) in [5.41, 5.74) is 4.88. The van der Waals surface area contributed by atoms with Crippen LogP contribution in [-0.2, 0) is 6.54 Å². The minimum absolute atomic E-state index is 0.467. The molecule has 144 valence electrons. The lowest BCUT2D eigenvalue weighted by Crippen LogP contribution is -2.04. The molecule has 5 heterocycles. The molecule has 0 atom stereocenters. The Hall–Kier alpha value is -3.52. The fourth-order valence-corrected chi connectivity index (χ4v) is 3.63. The van der Waals surface area contributed by atoms with Gasteiger partial charge in [0.2, 0.25) is 5.88 Å². The van der Waals surface area contributed by atoms with Gasteiger partial charge in [0, 0.05) is 6.20 Å². The van der Waals surface area contributed by atoms with Crippen LogP contribution in [0.15, 0.2) is 49.1 Å². The average molecular weight is 406 g/mol. The Morgan fingerprint density at radius 2 is 2.00 bits per heavy atom. The highest BCUT2D eigenvalue weighted by atomic mass is 35.5. The van der Waals surface area contributed by atoms with Crippen molar-refractivity contribution in [2.45, 2.75) is 13.5 Å². The first-order chi connectivity index (χ1) is 14.1. The van der Waals surface area contributed by atoms with Crippen LogP contribution in [0.5, 0.6) is 5.88 Å². The molecule has 0 spiro atoms. The van der Waals surface area contributed by atoms with Crippen molar-refractivity contribution in [3.05, 3.63) is 65.7 Å². The first-order valence-electron chi connectivity index (χ1n) is 8.95. The second-order valence-corrected chi connectivity index (χ2v) is 6.92. The summed E-state index contributed by atoms with van der Waals surface area (Å²) < 4.78 is 9.46. The lowest BCUT2D eigenvalue weighted by atomic mass is 10.3. The normalized spacial score (nSPS) is 11.4. The van der Waals surface area contributed by atoms with E-state index in [2.05, 4.69) is 29.5 Å². The standard InChI is InChI=1S/C20H16ClN7O/c1-12-25-19-16(28(12)10-13-4-3-5-17(21)26-13)8-14(9-22-19)27-7-6-15-18(27)20(29-2)24-11-23-15/h3-9,11H,10H2,1-2H3. The van der Waals surface area contributed by atoms with Crippen molar-refractivity contribution in [1.82, 2.24) is 34.1 Å². The third kappa shape index (κ3) is 2.98. The number of rotatable bonds is 4. The molecule has 0 unspecified atom stereocenters. The maximum atomic E-state index is 6.04. The Labute approximate surface area is 170 Å². The van der Waals surface area contributed by atoms with Crippen LogP contribution in [-0.4, -0.2) is 41.2 Å². The number of nitrogens with zero attached hydrogens (tertiary/aromatic N) is 7. The van der Waals surface area contributed by atoms with E-state index in [1.54, 1.807) is 19.4 Å². The van der Waals surface area contributed by atoms with Crippen LogP contribution in [0.1, 0.15) is 11.5 Å². The molecule has 5 rings (SSSR count). The maximum absolute atomic E-state index is 6.04. The Kier molecular flexibility index (Phi) is 4.13. The average Bonchev–Trinajstić information content (AvgIpc) is 3.29. The zero-order valence-corrected chi connectivity index (χ0v) is 16.5. The first-order valence-corrected chi connectivity index (χ1v) is 9.32. The van der Waals surface area contributed by atoms with Gasteiger partial charge in [0.15, 0.2) is 5.65 Å². The molecule has 5 aromatic heterocycles. The van der Waals surface area contributed by atoms with Gasteiger partial charge in [0.1, 0.15) is 22.8 Å². The molecular weight excluding hydrogens is 390 g/mol. The largest absolute Gasteiger partial charge is 0.479 e. The molecule has 0 fully saturated rings. The number of imidazole rings is 1. The molecule has 0 aliphatic heterocycles. The van der Waals surface area contributed by atoms with Crippen LogP contribution >= 0.6 is 11.6 Å². The molecule has 29 heavy (non-hydrogen) atoms. The zero-order valence-electron chi connectivity index (χ0n) is 15.7. The molecule has 0 aliphatic rings. The predicted molar refractivity (Wildman–Crippen MR) is 110 cm³/mol. The number of halogens is 1. The summed E-state index contributed by atoms with van der Waals surface area (Å²) in [5, 5.41) is 0.467. The molecule has 0 saturated heterocycles. The minimum Gasteiger partial charge on any atom is -0.479 e. The number of pyridine rings is 2. The fraction of sp³-hybridized carbons (Fsp3) is 0.150. The Morgan fingerprint density at radius 1 is 1.10 bits per heavy atom. The molecule has 0 aromatic carbocycles. The lowest BCUT2D eigenvalue weighted by Gasteiger charge is -2.10. The summed E-state index contributed by atoms with van der Waals surface area (Å²) in [5.74, 6) is 1.36. The van der Waals surface area contributed by atoms with Gasteiger partial charge in [-0.1, -0.05) is 17.7 Å². The van der Waals surface area contributed by atoms with E-state index in [0.29, 0.717) is 23.2 Å². The van der Waals surface area contributed by atoms with Gasteiger partial charge in [0.25, 0.3) is 0 Å². The highest BCUT2D eigenvalue weighted by molar-refractivity contribution is 6.29. The maximum Gasteiger partial charge on any atom is 0.241 e. The van der Waals surface area contributed by atoms with Crippen molar-refractivity contribution in [3.63, 3.8) is 0 Å². The number of hydrogen-bond donors (Lipinski definition) is 0. The van der Waals surface area contributed by atoms with Crippen molar-refractivity contribution < 1.29 is 4.74 Å². The van der Waals surface area contributed by atoms with Crippen LogP contribution in [0.3, 0.4) is 0 Å². The third-order valence-corrected chi connectivity index (χ3v) is 5.00. The van der Waals surface area contributed by atoms with E-state index in [4.69, 9.17) is 16.3 Å². The summed E-state index contributed by atoms with van der Waals surface area (Å²) >= 11 is 6.04. The van der Waals surface area contributed by atoms with E-state index in [1.165, 1.54) is 6.33 Å². The quantitative estimate of drug-likeness (QED) is 0.425. The Balaban J connectivity index is 1.66. The van der Waals surface area contributed by atoms with E-state index in [9.17, 15) is 0 Å². The number of aryl methyl sites for hydroxylation is 1. The number of fused-ring (bicyclic) bond motifs is 2. The second kappa shape index (κ2) is 6.82. The minimum atomic E-state index is 0.467. The number of methoxy groups -OCH3 is 1. The van der Waals surface area contributed by atoms with Crippen molar-refractivity contribution in [2.75, 3.05) is 7.11 Å². The predicted octanol–water partition coefficient (Wildman–Crippen LogP) is 3.58. The van der Waals surface area contributed by atoms with Crippen LogP contribution in [0, 0.1) is 6.92 Å². The van der Waals surface area contributed by atoms with Gasteiger partial charge in [-0.15, -0.1) is 0 Å². The summed E-state index contributed by atoms with van der Waals surface area (Å²) in [7, 11) is 1.59. The van der Waals surface area contributed by atoms with E-state index in [0.717, 1.165) is 33.8 Å². The van der Waals surface area contributed by atoms with Gasteiger partial charge in [-0.2, -0.15) is 4.98 Å². The zero-order chi connectivity index (χ0) is 20.0. The van der Waals surface area contributed by atoms with Gasteiger partial charge >= 0.3 is 0 Å². The van der Waals surface area contributed by atoms with Gasteiger partial charge in [-0.05, 0) is 31.2 Å². The topological polar surface area (TPSA) is 83.5 Å². The van der Waals surface area contributed by atoms with Crippen molar-refractivity contribution >= 4 is 33.8 Å². The first kappa shape index (κ1) is 17.6.